The van der Waals surface area contributed by atoms with E-state index in [4.69, 9.17) is 13.9 Å². The van der Waals surface area contributed by atoms with Crippen LogP contribution in [0.15, 0.2) is 45.8 Å². The van der Waals surface area contributed by atoms with Crippen LogP contribution in [0.2, 0.25) is 0 Å². The highest BCUT2D eigenvalue weighted by Crippen LogP contribution is 2.24. The molecule has 1 aromatic carbocycles. The zero-order valence-electron chi connectivity index (χ0n) is 15.2. The first kappa shape index (κ1) is 18.3. The van der Waals surface area contributed by atoms with Gasteiger partial charge in [0.05, 0.1) is 13.2 Å². The van der Waals surface area contributed by atoms with E-state index in [-0.39, 0.29) is 17.1 Å². The third-order valence-electron chi connectivity index (χ3n) is 5.32. The summed E-state index contributed by atoms with van der Waals surface area (Å²) >= 11 is 0. The Morgan fingerprint density at radius 1 is 1.19 bits per heavy atom. The molecular weight excluding hydrogens is 364 g/mol. The van der Waals surface area contributed by atoms with E-state index in [0.29, 0.717) is 43.3 Å². The van der Waals surface area contributed by atoms with Crippen molar-refractivity contribution in [2.24, 2.45) is 5.92 Å². The van der Waals surface area contributed by atoms with E-state index >= 15 is 0 Å². The fourth-order valence-corrected chi connectivity index (χ4v) is 5.33. The first-order valence-corrected chi connectivity index (χ1v) is 11.2. The second-order valence-corrected chi connectivity index (χ2v) is 9.90. The lowest BCUT2D eigenvalue weighted by Crippen LogP contribution is -2.27. The van der Waals surface area contributed by atoms with Crippen LogP contribution in [0.5, 0.6) is 5.75 Å². The molecule has 1 saturated heterocycles. The van der Waals surface area contributed by atoms with Gasteiger partial charge in [0.15, 0.2) is 0 Å². The average molecular weight is 388 g/mol. The molecule has 0 unspecified atom stereocenters. The minimum absolute atomic E-state index is 0.173. The summed E-state index contributed by atoms with van der Waals surface area (Å²) < 4.78 is 30.6. The monoisotopic (exact) mass is 388 g/mol. The highest BCUT2D eigenvalue weighted by molar-refractivity contribution is 7.92. The topological polar surface area (TPSA) is 83.6 Å². The van der Waals surface area contributed by atoms with Gasteiger partial charge >= 0.3 is 0 Å². The zero-order chi connectivity index (χ0) is 18.9. The Morgan fingerprint density at radius 2 is 1.85 bits per heavy atom. The minimum atomic E-state index is -2.38. The van der Waals surface area contributed by atoms with E-state index in [1.807, 2.05) is 12.1 Å². The van der Waals surface area contributed by atoms with Crippen molar-refractivity contribution in [2.75, 3.05) is 18.1 Å². The number of benzene rings is 1. The molecule has 1 fully saturated rings. The molecular formula is C20H24N2O4S. The van der Waals surface area contributed by atoms with Gasteiger partial charge in [0.1, 0.15) is 12.0 Å². The van der Waals surface area contributed by atoms with Crippen molar-refractivity contribution in [1.29, 1.82) is 4.78 Å². The maximum atomic E-state index is 12.3. The standard InChI is InChI=1S/C20H24N2O4S/c21-27(24)7-5-15(6-8-27)13-26-20-14-25-18(9-19(20)23)12-22-10-16-3-1-2-4-17(16)11-22/h1-4,9,14-15,21H,5-8,10-13H2. The maximum absolute atomic E-state index is 12.3. The summed E-state index contributed by atoms with van der Waals surface area (Å²) in [6, 6.07) is 9.86. The van der Waals surface area contributed by atoms with E-state index in [9.17, 15) is 9.00 Å². The molecule has 2 aromatic rings. The summed E-state index contributed by atoms with van der Waals surface area (Å²) in [5.74, 6) is 1.94. The number of hydrogen-bond acceptors (Lipinski definition) is 6. The van der Waals surface area contributed by atoms with E-state index in [2.05, 4.69) is 17.0 Å². The van der Waals surface area contributed by atoms with Gasteiger partial charge in [-0.25, -0.2) is 4.21 Å². The van der Waals surface area contributed by atoms with Crippen molar-refractivity contribution in [3.05, 3.63) is 63.7 Å². The van der Waals surface area contributed by atoms with Crippen molar-refractivity contribution in [2.45, 2.75) is 32.5 Å². The van der Waals surface area contributed by atoms with E-state index in [1.54, 1.807) is 0 Å². The number of ether oxygens (including phenoxy) is 1. The number of nitrogens with zero attached hydrogens (tertiary/aromatic N) is 1. The summed E-state index contributed by atoms with van der Waals surface area (Å²) in [6.45, 7) is 2.71. The first-order chi connectivity index (χ1) is 13.0. The molecule has 0 spiro atoms. The summed E-state index contributed by atoms with van der Waals surface area (Å²) in [4.78, 5) is 14.6. The molecule has 0 aliphatic carbocycles. The molecule has 0 amide bonds. The number of rotatable bonds is 5. The van der Waals surface area contributed by atoms with Crippen LogP contribution in [0.3, 0.4) is 0 Å². The van der Waals surface area contributed by atoms with Crippen molar-refractivity contribution in [3.8, 4) is 5.75 Å². The Balaban J connectivity index is 1.33. The van der Waals surface area contributed by atoms with Crippen molar-refractivity contribution in [1.82, 2.24) is 4.90 Å². The van der Waals surface area contributed by atoms with Crippen LogP contribution in [0.4, 0.5) is 0 Å². The quantitative estimate of drug-likeness (QED) is 0.851. The molecule has 1 N–H and O–H groups in total. The van der Waals surface area contributed by atoms with Crippen molar-refractivity contribution >= 4 is 9.73 Å². The predicted molar refractivity (Wildman–Crippen MR) is 103 cm³/mol. The summed E-state index contributed by atoms with van der Waals surface area (Å²) in [7, 11) is -2.38. The number of nitrogens with one attached hydrogen (secondary N) is 1. The fraction of sp³-hybridized carbons (Fsp3) is 0.450. The number of fused-ring (bicyclic) bond motifs is 1. The van der Waals surface area contributed by atoms with Gasteiger partial charge < -0.3 is 9.15 Å². The molecule has 0 radical (unpaired) electrons. The molecule has 144 valence electrons. The molecule has 2 aliphatic rings. The van der Waals surface area contributed by atoms with Crippen LogP contribution in [-0.4, -0.2) is 27.2 Å². The summed E-state index contributed by atoms with van der Waals surface area (Å²) in [5.41, 5.74) is 2.47. The Bertz CT molecular complexity index is 944. The second kappa shape index (κ2) is 7.48. The van der Waals surface area contributed by atoms with Crippen LogP contribution in [-0.2, 0) is 29.4 Å². The van der Waals surface area contributed by atoms with Gasteiger partial charge in [-0.3, -0.25) is 14.5 Å². The molecule has 0 bridgehead atoms. The largest absolute Gasteiger partial charge is 0.486 e. The molecule has 2 aliphatic heterocycles. The zero-order valence-corrected chi connectivity index (χ0v) is 16.0. The first-order valence-electron chi connectivity index (χ1n) is 9.26. The van der Waals surface area contributed by atoms with Gasteiger partial charge in [0.25, 0.3) is 0 Å². The van der Waals surface area contributed by atoms with Gasteiger partial charge in [-0.05, 0) is 29.9 Å². The van der Waals surface area contributed by atoms with Crippen LogP contribution >= 0.6 is 0 Å². The lowest BCUT2D eigenvalue weighted by Gasteiger charge is -2.23. The summed E-state index contributed by atoms with van der Waals surface area (Å²) in [5, 5.41) is 0. The molecule has 0 saturated carbocycles. The molecule has 0 atom stereocenters. The highest BCUT2D eigenvalue weighted by atomic mass is 32.2. The Hall–Kier alpha value is -2.12. The molecule has 7 heteroatoms. The highest BCUT2D eigenvalue weighted by Gasteiger charge is 2.22. The van der Waals surface area contributed by atoms with Crippen LogP contribution < -0.4 is 10.2 Å². The van der Waals surface area contributed by atoms with Gasteiger partial charge in [0, 0.05) is 40.4 Å². The van der Waals surface area contributed by atoms with Crippen LogP contribution in [0.1, 0.15) is 29.7 Å². The third kappa shape index (κ3) is 4.42. The van der Waals surface area contributed by atoms with E-state index in [0.717, 1.165) is 13.1 Å². The van der Waals surface area contributed by atoms with Gasteiger partial charge in [0.2, 0.25) is 11.2 Å². The average Bonchev–Trinajstić information content (AvgIpc) is 3.04. The lowest BCUT2D eigenvalue weighted by atomic mass is 10.0. The Labute approximate surface area is 159 Å². The van der Waals surface area contributed by atoms with Crippen LogP contribution in [0, 0.1) is 10.7 Å². The minimum Gasteiger partial charge on any atom is -0.486 e. The predicted octanol–water partition coefficient (Wildman–Crippen LogP) is 2.99. The normalized spacial score (nSPS) is 25.3. The molecule has 27 heavy (non-hydrogen) atoms. The van der Waals surface area contributed by atoms with Gasteiger partial charge in [-0.1, -0.05) is 24.3 Å². The van der Waals surface area contributed by atoms with E-state index < -0.39 is 9.73 Å². The van der Waals surface area contributed by atoms with Crippen LogP contribution in [0.25, 0.3) is 0 Å². The molecule has 6 nitrogen and oxygen atoms in total. The lowest BCUT2D eigenvalue weighted by molar-refractivity contribution is 0.222. The Kier molecular flexibility index (Phi) is 5.06. The van der Waals surface area contributed by atoms with Gasteiger partial charge in [-0.15, -0.1) is 0 Å². The smallest absolute Gasteiger partial charge is 0.227 e. The summed E-state index contributed by atoms with van der Waals surface area (Å²) in [6.07, 6.45) is 2.82. The van der Waals surface area contributed by atoms with Gasteiger partial charge in [-0.2, -0.15) is 0 Å². The van der Waals surface area contributed by atoms with E-state index in [1.165, 1.54) is 23.5 Å². The number of hydrogen-bond donors (Lipinski definition) is 1. The third-order valence-corrected chi connectivity index (χ3v) is 7.11. The second-order valence-electron chi connectivity index (χ2n) is 7.46. The SMILES string of the molecule is N=S1(=O)CCC(COc2coc(CN3Cc4ccccc4C3)cc2=O)CC1. The maximum Gasteiger partial charge on any atom is 0.227 e. The van der Waals surface area contributed by atoms with Crippen molar-refractivity contribution in [3.63, 3.8) is 0 Å². The molecule has 4 rings (SSSR count). The molecule has 1 aromatic heterocycles. The Morgan fingerprint density at radius 3 is 2.48 bits per heavy atom. The molecule has 3 heterocycles. The van der Waals surface area contributed by atoms with Crippen molar-refractivity contribution < 1.29 is 13.4 Å². The fourth-order valence-electron chi connectivity index (χ4n) is 3.70.